The van der Waals surface area contributed by atoms with E-state index in [0.717, 1.165) is 49.2 Å². The minimum absolute atomic E-state index is 0.0916. The molecule has 1 saturated heterocycles. The van der Waals surface area contributed by atoms with Crippen molar-refractivity contribution in [1.29, 1.82) is 0 Å². The number of likely N-dealkylation sites (N-methyl/N-ethyl adjacent to an activating group) is 1. The van der Waals surface area contributed by atoms with Crippen LogP contribution in [0.1, 0.15) is 55.3 Å². The number of hydrogen-bond donors (Lipinski definition) is 1. The van der Waals surface area contributed by atoms with E-state index in [1.165, 1.54) is 58.4 Å². The Labute approximate surface area is 229 Å². The van der Waals surface area contributed by atoms with Gasteiger partial charge in [0.05, 0.1) is 5.56 Å². The molecule has 3 aromatic rings. The van der Waals surface area contributed by atoms with Crippen molar-refractivity contribution < 1.29 is 13.2 Å². The van der Waals surface area contributed by atoms with Gasteiger partial charge in [-0.05, 0) is 65.0 Å². The molecule has 1 aliphatic rings. The van der Waals surface area contributed by atoms with E-state index in [9.17, 15) is 18.0 Å². The molecule has 1 aromatic carbocycles. The van der Waals surface area contributed by atoms with E-state index in [4.69, 9.17) is 0 Å². The topological polar surface area (TPSA) is 47.5 Å². The molecule has 0 atom stereocenters. The summed E-state index contributed by atoms with van der Waals surface area (Å²) in [6, 6.07) is 4.13. The second kappa shape index (κ2) is 12.9. The van der Waals surface area contributed by atoms with Crippen LogP contribution in [-0.2, 0) is 12.7 Å². The van der Waals surface area contributed by atoms with Crippen LogP contribution >= 0.6 is 0 Å². The van der Waals surface area contributed by atoms with Gasteiger partial charge in [-0.15, -0.1) is 0 Å². The Kier molecular flexibility index (Phi) is 9.78. The highest BCUT2D eigenvalue weighted by atomic mass is 19.4. The maximum absolute atomic E-state index is 13.8. The van der Waals surface area contributed by atoms with Crippen LogP contribution in [0.4, 0.5) is 13.2 Å². The van der Waals surface area contributed by atoms with Crippen LogP contribution in [0.25, 0.3) is 21.8 Å². The molecule has 9 heteroatoms. The zero-order valence-electron chi connectivity index (χ0n) is 24.0. The Balaban J connectivity index is 1.25. The first-order valence-corrected chi connectivity index (χ1v) is 14.4. The smallest absolute Gasteiger partial charge is 0.345 e. The number of rotatable bonds is 12. The average Bonchev–Trinajstić information content (AvgIpc) is 3.13. The summed E-state index contributed by atoms with van der Waals surface area (Å²) in [6.07, 6.45) is 2.40. The lowest BCUT2D eigenvalue weighted by molar-refractivity contribution is -0.136. The standard InChI is InChI=1S/C30H44F3N5O/c1-22-23(2)38(26-12-11-25-29(28(22)26)24(30(31,32)33)21-27(39)34-25)14-10-8-6-5-7-9-13-36-17-19-37(20-18-36)16-15-35(3)4/h11-12,21H,5-10,13-20H2,1-4H3,(H,34,39). The number of H-pyrrole nitrogens is 1. The maximum Gasteiger partial charge on any atom is 0.417 e. The van der Waals surface area contributed by atoms with Crippen LogP contribution in [-0.4, -0.2) is 84.2 Å². The van der Waals surface area contributed by atoms with Gasteiger partial charge in [0.15, 0.2) is 0 Å². The highest BCUT2D eigenvalue weighted by molar-refractivity contribution is 6.09. The normalized spacial score (nSPS) is 15.8. The first-order chi connectivity index (χ1) is 18.6. The first kappa shape index (κ1) is 29.6. The lowest BCUT2D eigenvalue weighted by Gasteiger charge is -2.35. The number of halogens is 3. The molecule has 1 fully saturated rings. The van der Waals surface area contributed by atoms with E-state index in [-0.39, 0.29) is 10.9 Å². The number of benzene rings is 1. The SMILES string of the molecule is Cc1c(C)n(CCCCCCCCN2CCN(CCN(C)C)CC2)c2ccc3[nH]c(=O)cc(C(F)(F)F)c3c12. The Morgan fingerprint density at radius 1 is 0.846 bits per heavy atom. The number of pyridine rings is 1. The second-order valence-corrected chi connectivity index (χ2v) is 11.4. The van der Waals surface area contributed by atoms with E-state index in [2.05, 4.69) is 38.3 Å². The summed E-state index contributed by atoms with van der Waals surface area (Å²) in [5.74, 6) is 0. The molecule has 39 heavy (non-hydrogen) atoms. The zero-order chi connectivity index (χ0) is 28.2. The monoisotopic (exact) mass is 547 g/mol. The largest absolute Gasteiger partial charge is 0.417 e. The Morgan fingerprint density at radius 3 is 2.05 bits per heavy atom. The van der Waals surface area contributed by atoms with Gasteiger partial charge in [-0.1, -0.05) is 25.7 Å². The first-order valence-electron chi connectivity index (χ1n) is 14.4. The molecule has 3 heterocycles. The summed E-state index contributed by atoms with van der Waals surface area (Å²) in [4.78, 5) is 21.9. The van der Waals surface area contributed by atoms with Crippen molar-refractivity contribution in [3.63, 3.8) is 0 Å². The van der Waals surface area contributed by atoms with Gasteiger partial charge in [-0.3, -0.25) is 9.69 Å². The number of aryl methyl sites for hydroxylation is 2. The third-order valence-electron chi connectivity index (χ3n) is 8.34. The van der Waals surface area contributed by atoms with Gasteiger partial charge < -0.3 is 19.4 Å². The van der Waals surface area contributed by atoms with Crippen LogP contribution in [0.15, 0.2) is 23.0 Å². The predicted octanol–water partition coefficient (Wildman–Crippen LogP) is 5.64. The summed E-state index contributed by atoms with van der Waals surface area (Å²) in [6.45, 7) is 12.8. The van der Waals surface area contributed by atoms with Crippen LogP contribution in [0.2, 0.25) is 0 Å². The van der Waals surface area contributed by atoms with E-state index < -0.39 is 17.3 Å². The molecule has 1 N–H and O–H groups in total. The molecule has 0 unspecified atom stereocenters. The molecular formula is C30H44F3N5O. The van der Waals surface area contributed by atoms with E-state index in [1.54, 1.807) is 6.07 Å². The number of hydrogen-bond acceptors (Lipinski definition) is 4. The zero-order valence-corrected chi connectivity index (χ0v) is 24.0. The number of aromatic amines is 1. The number of alkyl halides is 3. The maximum atomic E-state index is 13.8. The van der Waals surface area contributed by atoms with Crippen molar-refractivity contribution in [1.82, 2.24) is 24.3 Å². The molecular weight excluding hydrogens is 503 g/mol. The molecule has 4 rings (SSSR count). The highest BCUT2D eigenvalue weighted by Gasteiger charge is 2.34. The number of aromatic nitrogens is 2. The van der Waals surface area contributed by atoms with Crippen LogP contribution < -0.4 is 5.56 Å². The molecule has 2 aromatic heterocycles. The fraction of sp³-hybridized carbons (Fsp3) is 0.633. The van der Waals surface area contributed by atoms with Crippen molar-refractivity contribution in [2.75, 3.05) is 59.9 Å². The lowest BCUT2D eigenvalue weighted by atomic mass is 10.0. The fourth-order valence-corrected chi connectivity index (χ4v) is 5.92. The Hall–Kier alpha value is -2.36. The number of unbranched alkanes of at least 4 members (excludes halogenated alkanes) is 5. The molecule has 216 valence electrons. The van der Waals surface area contributed by atoms with Crippen molar-refractivity contribution >= 4 is 21.8 Å². The molecule has 0 saturated carbocycles. The van der Waals surface area contributed by atoms with Gasteiger partial charge in [0.2, 0.25) is 5.56 Å². The third kappa shape index (κ3) is 7.24. The molecule has 0 aliphatic carbocycles. The van der Waals surface area contributed by atoms with Crippen molar-refractivity contribution in [3.8, 4) is 0 Å². The van der Waals surface area contributed by atoms with Gasteiger partial charge >= 0.3 is 6.18 Å². The second-order valence-electron chi connectivity index (χ2n) is 11.4. The van der Waals surface area contributed by atoms with Gasteiger partial charge in [-0.25, -0.2) is 0 Å². The molecule has 0 spiro atoms. The highest BCUT2D eigenvalue weighted by Crippen LogP contribution is 2.39. The van der Waals surface area contributed by atoms with Crippen LogP contribution in [0.5, 0.6) is 0 Å². The molecule has 0 amide bonds. The van der Waals surface area contributed by atoms with Gasteiger partial charge in [0, 0.05) is 79.4 Å². The third-order valence-corrected chi connectivity index (χ3v) is 8.34. The van der Waals surface area contributed by atoms with Gasteiger partial charge in [0.1, 0.15) is 0 Å². The van der Waals surface area contributed by atoms with Crippen LogP contribution in [0, 0.1) is 13.8 Å². The predicted molar refractivity (Wildman–Crippen MR) is 154 cm³/mol. The summed E-state index contributed by atoms with van der Waals surface area (Å²) in [5.41, 5.74) is 1.26. The average molecular weight is 548 g/mol. The van der Waals surface area contributed by atoms with Gasteiger partial charge in [0.25, 0.3) is 0 Å². The van der Waals surface area contributed by atoms with Crippen molar-refractivity contribution in [2.24, 2.45) is 0 Å². The van der Waals surface area contributed by atoms with Crippen molar-refractivity contribution in [2.45, 2.75) is 65.1 Å². The Morgan fingerprint density at radius 2 is 1.44 bits per heavy atom. The summed E-state index contributed by atoms with van der Waals surface area (Å²) < 4.78 is 43.7. The molecule has 0 radical (unpaired) electrons. The minimum Gasteiger partial charge on any atom is -0.345 e. The summed E-state index contributed by atoms with van der Waals surface area (Å²) in [7, 11) is 4.26. The summed E-state index contributed by atoms with van der Waals surface area (Å²) >= 11 is 0. The summed E-state index contributed by atoms with van der Waals surface area (Å²) in [5, 5.41) is 0.682. The number of fused-ring (bicyclic) bond motifs is 3. The quantitative estimate of drug-likeness (QED) is 0.298. The molecule has 6 nitrogen and oxygen atoms in total. The van der Waals surface area contributed by atoms with E-state index >= 15 is 0 Å². The minimum atomic E-state index is -4.59. The van der Waals surface area contributed by atoms with Gasteiger partial charge in [-0.2, -0.15) is 13.2 Å². The number of nitrogens with zero attached hydrogens (tertiary/aromatic N) is 4. The fourth-order valence-electron chi connectivity index (χ4n) is 5.92. The Bertz CT molecular complexity index is 1300. The van der Waals surface area contributed by atoms with E-state index in [0.29, 0.717) is 11.5 Å². The van der Waals surface area contributed by atoms with E-state index in [1.807, 2.05) is 19.9 Å². The lowest BCUT2D eigenvalue weighted by Crippen LogP contribution is -2.48. The number of piperazine rings is 1. The molecule has 0 bridgehead atoms. The molecule has 1 aliphatic heterocycles. The van der Waals surface area contributed by atoms with Crippen LogP contribution in [0.3, 0.4) is 0 Å². The van der Waals surface area contributed by atoms with Crippen molar-refractivity contribution in [3.05, 3.63) is 45.4 Å². The number of nitrogens with one attached hydrogen (secondary N) is 1.